The van der Waals surface area contributed by atoms with Crippen LogP contribution in [0.5, 0.6) is 17.2 Å². The summed E-state index contributed by atoms with van der Waals surface area (Å²) in [5.41, 5.74) is 1.62. The summed E-state index contributed by atoms with van der Waals surface area (Å²) in [5, 5.41) is 25.2. The molecule has 3 heterocycles. The van der Waals surface area contributed by atoms with Crippen LogP contribution in [0.3, 0.4) is 0 Å². The molecule has 95 heavy (non-hydrogen) atoms. The van der Waals surface area contributed by atoms with Crippen molar-refractivity contribution in [2.45, 2.75) is 68.5 Å². The van der Waals surface area contributed by atoms with Gasteiger partial charge in [0.1, 0.15) is 29.6 Å². The van der Waals surface area contributed by atoms with Crippen LogP contribution >= 0.6 is 0 Å². The van der Waals surface area contributed by atoms with Crippen molar-refractivity contribution < 1.29 is 64.5 Å². The van der Waals surface area contributed by atoms with Crippen LogP contribution in [0, 0.1) is 11.8 Å². The van der Waals surface area contributed by atoms with Gasteiger partial charge in [0.25, 0.3) is 11.8 Å². The third kappa shape index (κ3) is 13.9. The second-order valence-corrected chi connectivity index (χ2v) is 27.8. The first kappa shape index (κ1) is 66.6. The van der Waals surface area contributed by atoms with Gasteiger partial charge in [0.2, 0.25) is 20.0 Å². The van der Waals surface area contributed by atoms with E-state index in [1.807, 2.05) is 79.7 Å². The Morgan fingerprint density at radius 2 is 1.06 bits per heavy atom. The SMILES string of the molecule is COc1ccccc1S(=O)(=O)N(C)CC1Oc2c(NC(=O)Nc3cccc4ccccc34)cccc2C(=O)N(C(C)COCn2c(=O)oc3cc(S(=O)(=O)N(C)CC4Oc5c(NC(=O)Nc6cccc7ccccc67)cccc5C(=O)N(C(C)CO)CC4C)ccc32)CC1C. The number of hydrogen-bond donors (Lipinski definition) is 5. The maximum atomic E-state index is 14.9. The van der Waals surface area contributed by atoms with Crippen molar-refractivity contribution in [3.8, 4) is 17.2 Å². The number of rotatable bonds is 20. The molecule has 0 aliphatic carbocycles. The summed E-state index contributed by atoms with van der Waals surface area (Å²) in [6, 6.07) is 43.1. The number of nitrogens with zero attached hydrogens (tertiary/aromatic N) is 5. The van der Waals surface area contributed by atoms with Gasteiger partial charge in [-0.3, -0.25) is 9.59 Å². The average molecular weight is 1330 g/mol. The van der Waals surface area contributed by atoms with Gasteiger partial charge in [-0.25, -0.2) is 35.8 Å². The molecule has 1 aromatic heterocycles. The highest BCUT2D eigenvalue weighted by Gasteiger charge is 2.39. The van der Waals surface area contributed by atoms with Crippen LogP contribution in [0.2, 0.25) is 0 Å². The summed E-state index contributed by atoms with van der Waals surface area (Å²) < 4.78 is 91.6. The van der Waals surface area contributed by atoms with Crippen molar-refractivity contribution in [2.75, 3.05) is 81.9 Å². The van der Waals surface area contributed by atoms with Crippen molar-refractivity contribution in [2.24, 2.45) is 11.8 Å². The van der Waals surface area contributed by atoms with Gasteiger partial charge in [-0.1, -0.05) is 111 Å². The minimum atomic E-state index is -4.38. The molecule has 0 radical (unpaired) electrons. The van der Waals surface area contributed by atoms with E-state index in [2.05, 4.69) is 21.3 Å². The zero-order valence-electron chi connectivity index (χ0n) is 53.2. The number of aliphatic hydroxyl groups is 1. The Morgan fingerprint density at radius 1 is 0.600 bits per heavy atom. The second-order valence-electron chi connectivity index (χ2n) is 23.8. The Kier molecular flexibility index (Phi) is 19.6. The topological polar surface area (TPSA) is 290 Å². The highest BCUT2D eigenvalue weighted by atomic mass is 32.2. The predicted octanol–water partition coefficient (Wildman–Crippen LogP) is 9.96. The minimum absolute atomic E-state index is 0.00135. The normalized spacial score (nSPS) is 17.6. The van der Waals surface area contributed by atoms with Gasteiger partial charge >= 0.3 is 17.8 Å². The highest BCUT2D eigenvalue weighted by molar-refractivity contribution is 7.89. The van der Waals surface area contributed by atoms with Gasteiger partial charge in [0.05, 0.1) is 89.8 Å². The molecule has 496 valence electrons. The maximum absolute atomic E-state index is 14.9. The van der Waals surface area contributed by atoms with Gasteiger partial charge < -0.3 is 59.5 Å². The van der Waals surface area contributed by atoms with E-state index in [1.54, 1.807) is 86.3 Å². The zero-order valence-corrected chi connectivity index (χ0v) is 54.9. The lowest BCUT2D eigenvalue weighted by Crippen LogP contribution is -2.50. The van der Waals surface area contributed by atoms with Crippen LogP contribution in [0.1, 0.15) is 48.4 Å². The predicted molar refractivity (Wildman–Crippen MR) is 360 cm³/mol. The second kappa shape index (κ2) is 28.0. The van der Waals surface area contributed by atoms with Crippen LogP contribution in [-0.4, -0.2) is 154 Å². The molecule has 6 amide bonds. The van der Waals surface area contributed by atoms with E-state index in [-0.39, 0.29) is 107 Å². The van der Waals surface area contributed by atoms with Crippen LogP contribution in [0.15, 0.2) is 183 Å². The van der Waals surface area contributed by atoms with Gasteiger partial charge in [-0.15, -0.1) is 0 Å². The lowest BCUT2D eigenvalue weighted by atomic mass is 9.99. The lowest BCUT2D eigenvalue weighted by molar-refractivity contribution is 0.0112. The number of urea groups is 2. The third-order valence-corrected chi connectivity index (χ3v) is 20.9. The molecule has 6 atom stereocenters. The number of likely N-dealkylation sites (N-methyl/N-ethyl adjacent to an activating group) is 2. The largest absolute Gasteiger partial charge is 0.495 e. The van der Waals surface area contributed by atoms with Crippen LogP contribution in [0.25, 0.3) is 32.6 Å². The monoisotopic (exact) mass is 1330 g/mol. The van der Waals surface area contributed by atoms with E-state index in [0.717, 1.165) is 30.2 Å². The fourth-order valence-corrected chi connectivity index (χ4v) is 14.4. The Bertz CT molecular complexity index is 4690. The Balaban J connectivity index is 0.807. The molecule has 8 aromatic carbocycles. The summed E-state index contributed by atoms with van der Waals surface area (Å²) >= 11 is 0. The number of amides is 6. The molecule has 6 unspecified atom stereocenters. The first-order chi connectivity index (χ1) is 45.5. The number of benzene rings is 8. The van der Waals surface area contributed by atoms with E-state index >= 15 is 0 Å². The number of hydrogen-bond acceptors (Lipinski definition) is 15. The summed E-state index contributed by atoms with van der Waals surface area (Å²) in [6.45, 7) is 5.81. The number of ether oxygens (including phenoxy) is 4. The van der Waals surface area contributed by atoms with E-state index in [4.69, 9.17) is 23.4 Å². The molecule has 11 rings (SSSR count). The fourth-order valence-electron chi connectivity index (χ4n) is 11.9. The number of methoxy groups -OCH3 is 1. The van der Waals surface area contributed by atoms with E-state index in [1.165, 1.54) is 61.0 Å². The quantitative estimate of drug-likeness (QED) is 0.0474. The van der Waals surface area contributed by atoms with Crippen LogP contribution < -0.4 is 41.2 Å². The van der Waals surface area contributed by atoms with E-state index in [0.29, 0.717) is 11.4 Å². The molecule has 5 N–H and O–H groups in total. The van der Waals surface area contributed by atoms with Crippen LogP contribution in [-0.2, 0) is 31.5 Å². The Labute approximate surface area is 549 Å². The first-order valence-corrected chi connectivity index (χ1v) is 33.6. The number of anilines is 4. The van der Waals surface area contributed by atoms with Crippen molar-refractivity contribution in [3.63, 3.8) is 0 Å². The number of carbonyl (C=O) groups excluding carboxylic acids is 4. The summed E-state index contributed by atoms with van der Waals surface area (Å²) in [6.07, 6.45) is -1.86. The summed E-state index contributed by atoms with van der Waals surface area (Å²) in [5.74, 6) is -2.78. The molecule has 0 saturated carbocycles. The molecule has 9 aromatic rings. The summed E-state index contributed by atoms with van der Waals surface area (Å²) in [7, 11) is -4.40. The van der Waals surface area contributed by atoms with Crippen molar-refractivity contribution in [1.82, 2.24) is 23.0 Å². The van der Waals surface area contributed by atoms with Crippen molar-refractivity contribution in [1.29, 1.82) is 0 Å². The standard InChI is InChI=1S/C69H73N9O15S2/c1-42-35-76(44(3)39-79)65(80)51-24-16-28-55(72-67(82)70-53-26-14-20-46-18-8-10-22-49(46)53)63(51)91-60(42)37-74(5)94(85,86)48-32-33-57-59(34-48)93-69(84)78(57)41-90-40-45(4)77-36-43(2)61(38-75(6)95(87,88)62-31-13-12-30-58(62)89-7)92-64-52(66(77)81)25-17-29-56(64)73-68(83)71-54-27-15-21-47-19-9-11-23-50(47)54/h8-34,42-45,60-61,79H,35-41H2,1-7H3,(H2,70,72,82)(H2,71,73,83). The van der Waals surface area contributed by atoms with Gasteiger partial charge in [0.15, 0.2) is 17.1 Å². The molecule has 2 aliphatic heterocycles. The highest BCUT2D eigenvalue weighted by Crippen LogP contribution is 2.39. The molecular formula is C69H73N9O15S2. The summed E-state index contributed by atoms with van der Waals surface area (Å²) in [4.78, 5) is 73.2. The maximum Gasteiger partial charge on any atom is 0.421 e. The van der Waals surface area contributed by atoms with Crippen LogP contribution in [0.4, 0.5) is 32.3 Å². The van der Waals surface area contributed by atoms with Crippen molar-refractivity contribution in [3.05, 3.63) is 185 Å². The Morgan fingerprint density at radius 3 is 1.60 bits per heavy atom. The third-order valence-electron chi connectivity index (χ3n) is 17.2. The van der Waals surface area contributed by atoms with E-state index < -0.39 is 85.8 Å². The fraction of sp³-hybridized carbons (Fsp3) is 0.290. The number of carbonyl (C=O) groups is 4. The van der Waals surface area contributed by atoms with Gasteiger partial charge in [0, 0.05) is 55.9 Å². The van der Waals surface area contributed by atoms with E-state index in [9.17, 15) is 45.9 Å². The van der Waals surface area contributed by atoms with Gasteiger partial charge in [-0.05, 0) is 85.3 Å². The molecule has 0 bridgehead atoms. The van der Waals surface area contributed by atoms with Crippen molar-refractivity contribution >= 4 is 99.3 Å². The molecule has 26 heteroatoms. The number of aromatic nitrogens is 1. The minimum Gasteiger partial charge on any atom is -0.495 e. The number of nitrogens with one attached hydrogen (secondary N) is 4. The Hall–Kier alpha value is -9.83. The number of fused-ring (bicyclic) bond motifs is 5. The van der Waals surface area contributed by atoms with Gasteiger partial charge in [-0.2, -0.15) is 8.61 Å². The number of para-hydroxylation sites is 3. The molecule has 24 nitrogen and oxygen atoms in total. The number of aliphatic hydroxyl groups excluding tert-OH is 1. The molecule has 0 saturated heterocycles. The molecule has 0 fully saturated rings. The smallest absolute Gasteiger partial charge is 0.421 e. The molecule has 2 aliphatic rings. The molecular weight excluding hydrogens is 1260 g/mol. The zero-order chi connectivity index (χ0) is 67.5. The first-order valence-electron chi connectivity index (χ1n) is 30.8. The average Bonchev–Trinajstić information content (AvgIpc) is 1.70. The molecule has 0 spiro atoms. The lowest BCUT2D eigenvalue weighted by Gasteiger charge is -2.38. The number of sulfonamides is 2. The number of oxazole rings is 1.